The number of rotatable bonds is 4. The molecule has 0 saturated heterocycles. The van der Waals surface area contributed by atoms with Crippen molar-refractivity contribution in [2.45, 2.75) is 73.5 Å². The topological polar surface area (TPSA) is 46.5 Å². The number of hydrogen-bond acceptors (Lipinski definition) is 3. The van der Waals surface area contributed by atoms with Crippen LogP contribution >= 0.6 is 0 Å². The molecule has 3 heteroatoms. The van der Waals surface area contributed by atoms with Crippen molar-refractivity contribution in [3.05, 3.63) is 12.2 Å². The zero-order valence-corrected chi connectivity index (χ0v) is 14.6. The molecule has 2 unspecified atom stereocenters. The van der Waals surface area contributed by atoms with Crippen LogP contribution < -0.4 is 0 Å². The second kappa shape index (κ2) is 6.30. The highest BCUT2D eigenvalue weighted by atomic mass is 16.6. The van der Waals surface area contributed by atoms with Gasteiger partial charge >= 0.3 is 5.97 Å². The highest BCUT2D eigenvalue weighted by molar-refractivity contribution is 5.74. The lowest BCUT2D eigenvalue weighted by molar-refractivity contribution is -0.172. The van der Waals surface area contributed by atoms with E-state index in [-0.39, 0.29) is 5.97 Å². The van der Waals surface area contributed by atoms with E-state index in [0.717, 1.165) is 0 Å². The van der Waals surface area contributed by atoms with Crippen LogP contribution in [0.3, 0.4) is 0 Å². The summed E-state index contributed by atoms with van der Waals surface area (Å²) in [5.74, 6) is -0.685. The van der Waals surface area contributed by atoms with Crippen molar-refractivity contribution in [2.24, 2.45) is 17.3 Å². The van der Waals surface area contributed by atoms with Crippen molar-refractivity contribution in [3.63, 3.8) is 0 Å². The maximum absolute atomic E-state index is 12.3. The number of ether oxygens (including phenoxy) is 1. The molecular formula is C17H32O3. The molecule has 0 saturated carbocycles. The Morgan fingerprint density at radius 2 is 1.50 bits per heavy atom. The lowest BCUT2D eigenvalue weighted by atomic mass is 9.69. The van der Waals surface area contributed by atoms with Gasteiger partial charge in [-0.15, -0.1) is 0 Å². The quantitative estimate of drug-likeness (QED) is 0.628. The summed E-state index contributed by atoms with van der Waals surface area (Å²) < 4.78 is 5.41. The molecule has 0 aromatic rings. The molecule has 0 aliphatic heterocycles. The molecule has 20 heavy (non-hydrogen) atoms. The normalized spacial score (nSPS) is 18.1. The Hall–Kier alpha value is -0.830. The van der Waals surface area contributed by atoms with Crippen LogP contribution in [0.5, 0.6) is 0 Å². The summed E-state index contributed by atoms with van der Waals surface area (Å²) in [6.07, 6.45) is 3.69. The third-order valence-electron chi connectivity index (χ3n) is 3.36. The SMILES string of the molecule is CC(C)/C=C/C(O)(C(C)C(=O)OC(C)(C)C)C(C)(C)C. The molecular weight excluding hydrogens is 252 g/mol. The van der Waals surface area contributed by atoms with Gasteiger partial charge in [-0.1, -0.05) is 46.8 Å². The Labute approximate surface area is 124 Å². The molecule has 0 aliphatic rings. The van der Waals surface area contributed by atoms with Gasteiger partial charge in [0.1, 0.15) is 11.2 Å². The number of hydrogen-bond donors (Lipinski definition) is 1. The standard InChI is InChI=1S/C17H32O3/c1-12(2)10-11-17(19,15(4,5)6)13(3)14(18)20-16(7,8)9/h10-13,19H,1-9H3/b11-10+. The number of esters is 1. The highest BCUT2D eigenvalue weighted by Crippen LogP contribution is 2.39. The van der Waals surface area contributed by atoms with Crippen LogP contribution in [0.25, 0.3) is 0 Å². The van der Waals surface area contributed by atoms with Gasteiger partial charge in [0.15, 0.2) is 0 Å². The third kappa shape index (κ3) is 5.28. The fraction of sp³-hybridized carbons (Fsp3) is 0.824. The summed E-state index contributed by atoms with van der Waals surface area (Å²) in [6, 6.07) is 0. The summed E-state index contributed by atoms with van der Waals surface area (Å²) in [4.78, 5) is 12.3. The molecule has 0 fully saturated rings. The number of allylic oxidation sites excluding steroid dienone is 1. The Morgan fingerprint density at radius 1 is 1.05 bits per heavy atom. The van der Waals surface area contributed by atoms with Crippen molar-refractivity contribution >= 4 is 5.97 Å². The van der Waals surface area contributed by atoms with Gasteiger partial charge in [-0.2, -0.15) is 0 Å². The molecule has 2 atom stereocenters. The zero-order chi connectivity index (χ0) is 16.4. The molecule has 1 N–H and O–H groups in total. The predicted molar refractivity (Wildman–Crippen MR) is 83.4 cm³/mol. The van der Waals surface area contributed by atoms with Crippen molar-refractivity contribution in [1.82, 2.24) is 0 Å². The Kier molecular flexibility index (Phi) is 6.03. The van der Waals surface area contributed by atoms with Gasteiger partial charge in [-0.25, -0.2) is 0 Å². The molecule has 0 aromatic heterocycles. The molecule has 0 amide bonds. The van der Waals surface area contributed by atoms with Gasteiger partial charge in [0.2, 0.25) is 0 Å². The molecule has 0 radical (unpaired) electrons. The van der Waals surface area contributed by atoms with E-state index < -0.39 is 22.5 Å². The number of carbonyl (C=O) groups is 1. The highest BCUT2D eigenvalue weighted by Gasteiger charge is 2.47. The van der Waals surface area contributed by atoms with Crippen LogP contribution in [0.4, 0.5) is 0 Å². The molecule has 0 spiro atoms. The van der Waals surface area contributed by atoms with Crippen LogP contribution in [0.1, 0.15) is 62.3 Å². The molecule has 118 valence electrons. The van der Waals surface area contributed by atoms with Gasteiger partial charge in [-0.05, 0) is 39.0 Å². The monoisotopic (exact) mass is 284 g/mol. The van der Waals surface area contributed by atoms with Crippen LogP contribution in [-0.2, 0) is 9.53 Å². The summed E-state index contributed by atoms with van der Waals surface area (Å²) in [7, 11) is 0. The van der Waals surface area contributed by atoms with Crippen molar-refractivity contribution in [1.29, 1.82) is 0 Å². The summed E-state index contributed by atoms with van der Waals surface area (Å²) in [6.45, 7) is 17.1. The second-order valence-electron chi connectivity index (χ2n) is 7.93. The Bertz CT molecular complexity index is 355. The average Bonchev–Trinajstić information content (AvgIpc) is 2.20. The summed E-state index contributed by atoms with van der Waals surface area (Å²) in [5, 5.41) is 11.0. The average molecular weight is 284 g/mol. The van der Waals surface area contributed by atoms with E-state index in [1.807, 2.05) is 61.5 Å². The fourth-order valence-electron chi connectivity index (χ4n) is 1.95. The Balaban J connectivity index is 5.40. The van der Waals surface area contributed by atoms with E-state index in [9.17, 15) is 9.90 Å². The van der Waals surface area contributed by atoms with Gasteiger partial charge in [0.05, 0.1) is 5.92 Å². The lowest BCUT2D eigenvalue weighted by Crippen LogP contribution is -2.51. The fourth-order valence-corrected chi connectivity index (χ4v) is 1.95. The van der Waals surface area contributed by atoms with Crippen molar-refractivity contribution in [3.8, 4) is 0 Å². The molecule has 0 heterocycles. The van der Waals surface area contributed by atoms with E-state index in [1.54, 1.807) is 13.0 Å². The minimum atomic E-state index is -1.24. The van der Waals surface area contributed by atoms with Gasteiger partial charge in [0, 0.05) is 0 Å². The third-order valence-corrected chi connectivity index (χ3v) is 3.36. The van der Waals surface area contributed by atoms with E-state index in [4.69, 9.17) is 4.74 Å². The Morgan fingerprint density at radius 3 is 1.80 bits per heavy atom. The first-order valence-electron chi connectivity index (χ1n) is 7.35. The first-order valence-corrected chi connectivity index (χ1v) is 7.35. The molecule has 0 aromatic carbocycles. The summed E-state index contributed by atoms with van der Waals surface area (Å²) in [5.41, 5.74) is -2.25. The van der Waals surface area contributed by atoms with Crippen LogP contribution in [0, 0.1) is 17.3 Å². The molecule has 0 bridgehead atoms. The zero-order valence-electron chi connectivity index (χ0n) is 14.6. The molecule has 0 aliphatic carbocycles. The van der Waals surface area contributed by atoms with Gasteiger partial charge < -0.3 is 9.84 Å². The van der Waals surface area contributed by atoms with Gasteiger partial charge in [-0.3, -0.25) is 4.79 Å². The van der Waals surface area contributed by atoms with Crippen molar-refractivity contribution in [2.75, 3.05) is 0 Å². The predicted octanol–water partition coefficient (Wildman–Crippen LogP) is 3.95. The molecule has 0 rings (SSSR count). The number of carbonyl (C=O) groups excluding carboxylic acids is 1. The van der Waals surface area contributed by atoms with E-state index in [2.05, 4.69) is 0 Å². The van der Waals surface area contributed by atoms with Crippen LogP contribution in [-0.4, -0.2) is 22.3 Å². The number of aliphatic hydroxyl groups is 1. The minimum Gasteiger partial charge on any atom is -0.460 e. The smallest absolute Gasteiger partial charge is 0.312 e. The maximum Gasteiger partial charge on any atom is 0.312 e. The van der Waals surface area contributed by atoms with Crippen LogP contribution in [0.2, 0.25) is 0 Å². The van der Waals surface area contributed by atoms with E-state index >= 15 is 0 Å². The van der Waals surface area contributed by atoms with E-state index in [0.29, 0.717) is 5.92 Å². The minimum absolute atomic E-state index is 0.315. The largest absolute Gasteiger partial charge is 0.460 e. The first kappa shape index (κ1) is 19.2. The van der Waals surface area contributed by atoms with E-state index in [1.165, 1.54) is 0 Å². The first-order chi connectivity index (χ1) is 8.71. The summed E-state index contributed by atoms with van der Waals surface area (Å²) >= 11 is 0. The molecule has 3 nitrogen and oxygen atoms in total. The lowest BCUT2D eigenvalue weighted by Gasteiger charge is -2.42. The second-order valence-corrected chi connectivity index (χ2v) is 7.93. The van der Waals surface area contributed by atoms with Crippen LogP contribution in [0.15, 0.2) is 12.2 Å². The van der Waals surface area contributed by atoms with Crippen molar-refractivity contribution < 1.29 is 14.6 Å². The maximum atomic E-state index is 12.3. The van der Waals surface area contributed by atoms with Gasteiger partial charge in [0.25, 0.3) is 0 Å².